The Morgan fingerprint density at radius 2 is 2.36 bits per heavy atom. The molecule has 0 spiro atoms. The first kappa shape index (κ1) is 11.8. The number of amides is 1. The van der Waals surface area contributed by atoms with Gasteiger partial charge in [0, 0.05) is 19.6 Å². The second-order valence-corrected chi connectivity index (χ2v) is 4.57. The third-order valence-electron chi connectivity index (χ3n) is 2.55. The molecule has 3 unspecified atom stereocenters. The van der Waals surface area contributed by atoms with Crippen molar-refractivity contribution in [1.29, 1.82) is 0 Å². The van der Waals surface area contributed by atoms with E-state index in [0.29, 0.717) is 19.1 Å². The highest BCUT2D eigenvalue weighted by atomic mass is 35.5. The number of carbonyl (C=O) groups is 1. The van der Waals surface area contributed by atoms with Crippen LogP contribution in [0.2, 0.25) is 0 Å². The fraction of sp³-hybridized carbons (Fsp3) is 0.900. The maximum Gasteiger partial charge on any atom is 0.223 e. The maximum absolute atomic E-state index is 11.4. The molecule has 0 aromatic rings. The van der Waals surface area contributed by atoms with E-state index in [-0.39, 0.29) is 17.2 Å². The molecule has 1 saturated carbocycles. The Balaban J connectivity index is 2.00. The summed E-state index contributed by atoms with van der Waals surface area (Å²) < 4.78 is 4.89. The summed E-state index contributed by atoms with van der Waals surface area (Å²) >= 11 is 5.91. The highest BCUT2D eigenvalue weighted by molar-refractivity contribution is 6.20. The lowest BCUT2D eigenvalue weighted by molar-refractivity contribution is -0.122. The molecule has 1 aliphatic rings. The van der Waals surface area contributed by atoms with Gasteiger partial charge in [0.25, 0.3) is 0 Å². The van der Waals surface area contributed by atoms with Gasteiger partial charge in [-0.1, -0.05) is 6.92 Å². The normalized spacial score (nSPS) is 27.1. The molecule has 0 saturated heterocycles. The van der Waals surface area contributed by atoms with Crippen molar-refractivity contribution in [2.45, 2.75) is 25.1 Å². The zero-order chi connectivity index (χ0) is 10.6. The smallest absolute Gasteiger partial charge is 0.223 e. The van der Waals surface area contributed by atoms with Crippen LogP contribution in [0.4, 0.5) is 0 Å². The molecule has 0 aromatic carbocycles. The van der Waals surface area contributed by atoms with Crippen molar-refractivity contribution in [3.63, 3.8) is 0 Å². The second-order valence-electron chi connectivity index (χ2n) is 3.95. The molecule has 4 heteroatoms. The van der Waals surface area contributed by atoms with Gasteiger partial charge < -0.3 is 10.1 Å². The molecule has 0 aromatic heterocycles. The number of rotatable bonds is 6. The van der Waals surface area contributed by atoms with Crippen LogP contribution in [0.1, 0.15) is 19.8 Å². The van der Waals surface area contributed by atoms with E-state index in [2.05, 4.69) is 12.2 Å². The van der Waals surface area contributed by atoms with Crippen LogP contribution < -0.4 is 5.32 Å². The summed E-state index contributed by atoms with van der Waals surface area (Å²) in [5.41, 5.74) is 0. The van der Waals surface area contributed by atoms with Gasteiger partial charge >= 0.3 is 0 Å². The number of halogens is 1. The molecule has 1 amide bonds. The first-order valence-corrected chi connectivity index (χ1v) is 5.49. The molecule has 1 fully saturated rings. The minimum absolute atomic E-state index is 0.00285. The van der Waals surface area contributed by atoms with Crippen LogP contribution in [0, 0.1) is 11.8 Å². The molecule has 82 valence electrons. The van der Waals surface area contributed by atoms with Gasteiger partial charge in [-0.3, -0.25) is 4.79 Å². The second kappa shape index (κ2) is 5.56. The van der Waals surface area contributed by atoms with Gasteiger partial charge in [0.2, 0.25) is 5.91 Å². The van der Waals surface area contributed by atoms with E-state index in [9.17, 15) is 4.79 Å². The van der Waals surface area contributed by atoms with Crippen molar-refractivity contribution >= 4 is 17.5 Å². The molecule has 1 aliphatic carbocycles. The number of hydrogen-bond donors (Lipinski definition) is 1. The fourth-order valence-corrected chi connectivity index (χ4v) is 1.67. The van der Waals surface area contributed by atoms with E-state index in [1.54, 1.807) is 7.11 Å². The zero-order valence-corrected chi connectivity index (χ0v) is 9.51. The number of carbonyl (C=O) groups excluding carboxylic acids is 1. The van der Waals surface area contributed by atoms with Gasteiger partial charge in [-0.25, -0.2) is 0 Å². The van der Waals surface area contributed by atoms with Crippen molar-refractivity contribution in [3.05, 3.63) is 0 Å². The molecule has 14 heavy (non-hydrogen) atoms. The van der Waals surface area contributed by atoms with Crippen molar-refractivity contribution in [2.24, 2.45) is 11.8 Å². The fourth-order valence-electron chi connectivity index (χ4n) is 1.43. The average Bonchev–Trinajstić information content (AvgIpc) is 2.83. The van der Waals surface area contributed by atoms with Crippen molar-refractivity contribution in [2.75, 3.05) is 20.3 Å². The number of nitrogens with one attached hydrogen (secondary N) is 1. The largest absolute Gasteiger partial charge is 0.383 e. The molecule has 1 N–H and O–H groups in total. The highest BCUT2D eigenvalue weighted by Gasteiger charge is 2.38. The Kier molecular flexibility index (Phi) is 4.69. The molecule has 3 atom stereocenters. The van der Waals surface area contributed by atoms with Gasteiger partial charge in [0.1, 0.15) is 0 Å². The van der Waals surface area contributed by atoms with Crippen molar-refractivity contribution < 1.29 is 9.53 Å². The third-order valence-corrected chi connectivity index (χ3v) is 2.89. The Hall–Kier alpha value is -0.280. The third kappa shape index (κ3) is 3.84. The van der Waals surface area contributed by atoms with E-state index >= 15 is 0 Å². The van der Waals surface area contributed by atoms with E-state index in [1.165, 1.54) is 0 Å². The number of ether oxygens (including phenoxy) is 1. The Morgan fingerprint density at radius 1 is 1.71 bits per heavy atom. The van der Waals surface area contributed by atoms with Crippen molar-refractivity contribution in [3.8, 4) is 0 Å². The summed E-state index contributed by atoms with van der Waals surface area (Å²) in [5.74, 6) is 1.01. The van der Waals surface area contributed by atoms with Gasteiger partial charge in [-0.05, 0) is 18.8 Å². The van der Waals surface area contributed by atoms with Gasteiger partial charge in [-0.15, -0.1) is 11.6 Å². The van der Waals surface area contributed by atoms with E-state index in [4.69, 9.17) is 16.3 Å². The molecule has 0 bridgehead atoms. The molecule has 3 nitrogen and oxygen atoms in total. The summed E-state index contributed by atoms with van der Waals surface area (Å²) in [5, 5.41) is 2.88. The minimum atomic E-state index is -0.00285. The van der Waals surface area contributed by atoms with E-state index in [0.717, 1.165) is 12.8 Å². The molecule has 0 aliphatic heterocycles. The Morgan fingerprint density at radius 3 is 2.86 bits per heavy atom. The van der Waals surface area contributed by atoms with Crippen LogP contribution in [0.15, 0.2) is 0 Å². The highest BCUT2D eigenvalue weighted by Crippen LogP contribution is 2.37. The minimum Gasteiger partial charge on any atom is -0.383 e. The number of hydrogen-bond acceptors (Lipinski definition) is 2. The molecular formula is C10H18ClNO2. The van der Waals surface area contributed by atoms with Crippen LogP contribution in [0.3, 0.4) is 0 Å². The van der Waals surface area contributed by atoms with E-state index < -0.39 is 0 Å². The van der Waals surface area contributed by atoms with Gasteiger partial charge in [-0.2, -0.15) is 0 Å². The molecular weight excluding hydrogens is 202 g/mol. The Bertz CT molecular complexity index is 199. The van der Waals surface area contributed by atoms with Crippen LogP contribution in [0.25, 0.3) is 0 Å². The predicted molar refractivity (Wildman–Crippen MR) is 56.4 cm³/mol. The number of alkyl halides is 1. The van der Waals surface area contributed by atoms with Crippen molar-refractivity contribution in [1.82, 2.24) is 5.32 Å². The lowest BCUT2D eigenvalue weighted by atomic mass is 10.3. The quantitative estimate of drug-likeness (QED) is 0.686. The lowest BCUT2D eigenvalue weighted by Crippen LogP contribution is -2.28. The van der Waals surface area contributed by atoms with Gasteiger partial charge in [0.05, 0.1) is 12.0 Å². The summed E-state index contributed by atoms with van der Waals surface area (Å²) in [7, 11) is 1.62. The topological polar surface area (TPSA) is 38.3 Å². The summed E-state index contributed by atoms with van der Waals surface area (Å²) in [6, 6.07) is 0. The summed E-state index contributed by atoms with van der Waals surface area (Å²) in [4.78, 5) is 11.4. The summed E-state index contributed by atoms with van der Waals surface area (Å²) in [6.45, 7) is 3.29. The SMILES string of the molecule is COCC(Cl)CCNC(=O)C1CC1C. The predicted octanol–water partition coefficient (Wildman–Crippen LogP) is 1.40. The number of methoxy groups -OCH3 is 1. The van der Waals surface area contributed by atoms with Gasteiger partial charge in [0.15, 0.2) is 0 Å². The standard InChI is InChI=1S/C10H18ClNO2/c1-7-5-9(7)10(13)12-4-3-8(11)6-14-2/h7-9H,3-6H2,1-2H3,(H,12,13). The first-order chi connectivity index (χ1) is 6.65. The average molecular weight is 220 g/mol. The molecule has 1 rings (SSSR count). The van der Waals surface area contributed by atoms with E-state index in [1.807, 2.05) is 0 Å². The molecule has 0 heterocycles. The van der Waals surface area contributed by atoms with Crippen LogP contribution in [-0.4, -0.2) is 31.5 Å². The van der Waals surface area contributed by atoms with Crippen LogP contribution >= 0.6 is 11.6 Å². The zero-order valence-electron chi connectivity index (χ0n) is 8.75. The maximum atomic E-state index is 11.4. The van der Waals surface area contributed by atoms with Crippen LogP contribution in [-0.2, 0) is 9.53 Å². The summed E-state index contributed by atoms with van der Waals surface area (Å²) in [6.07, 6.45) is 1.80. The Labute approximate surface area is 90.1 Å². The monoisotopic (exact) mass is 219 g/mol. The lowest BCUT2D eigenvalue weighted by Gasteiger charge is -2.08. The first-order valence-electron chi connectivity index (χ1n) is 5.06. The molecule has 0 radical (unpaired) electrons. The van der Waals surface area contributed by atoms with Crippen LogP contribution in [0.5, 0.6) is 0 Å².